The second-order valence-electron chi connectivity index (χ2n) is 21.0. The maximum atomic E-state index is 14.8. The summed E-state index contributed by atoms with van der Waals surface area (Å²) in [7, 11) is 0. The molecule has 4 N–H and O–H groups in total. The lowest BCUT2D eigenvalue weighted by molar-refractivity contribution is -0.156. The van der Waals surface area contributed by atoms with Crippen molar-refractivity contribution in [2.75, 3.05) is 57.7 Å². The first-order chi connectivity index (χ1) is 32.5. The van der Waals surface area contributed by atoms with Gasteiger partial charge >= 0.3 is 11.8 Å². The van der Waals surface area contributed by atoms with Gasteiger partial charge in [0, 0.05) is 81.0 Å². The number of allylic oxidation sites excluding steroid dienone is 4. The van der Waals surface area contributed by atoms with Gasteiger partial charge in [0.2, 0.25) is 0 Å². The highest BCUT2D eigenvalue weighted by Crippen LogP contribution is 2.50. The summed E-state index contributed by atoms with van der Waals surface area (Å²) in [4.78, 5) is 59.9. The summed E-state index contributed by atoms with van der Waals surface area (Å²) >= 11 is 0. The van der Waals surface area contributed by atoms with Crippen LogP contribution >= 0.6 is 0 Å². The first kappa shape index (κ1) is 49.6. The number of ketones is 1. The van der Waals surface area contributed by atoms with Gasteiger partial charge in [0.05, 0.1) is 35.2 Å². The molecule has 0 aliphatic carbocycles. The summed E-state index contributed by atoms with van der Waals surface area (Å²) in [5.41, 5.74) is -0.250. The van der Waals surface area contributed by atoms with Crippen molar-refractivity contribution in [2.24, 2.45) is 27.7 Å². The van der Waals surface area contributed by atoms with Crippen LogP contribution in [-0.4, -0.2) is 130 Å². The van der Waals surface area contributed by atoms with Crippen molar-refractivity contribution in [3.8, 4) is 17.2 Å². The second kappa shape index (κ2) is 20.6. The van der Waals surface area contributed by atoms with Gasteiger partial charge in [0.25, 0.3) is 11.7 Å². The number of nitrogens with one attached hydrogen (secondary N) is 1. The number of amides is 1. The van der Waals surface area contributed by atoms with Gasteiger partial charge in [-0.25, -0.2) is 0 Å². The number of esters is 1. The molecule has 9 rings (SSSR count). The van der Waals surface area contributed by atoms with Gasteiger partial charge in [-0.05, 0) is 96.2 Å². The third-order valence-corrected chi connectivity index (χ3v) is 15.3. The molecule has 3 saturated heterocycles. The molecule has 7 aliphatic heterocycles. The predicted molar refractivity (Wildman–Crippen MR) is 260 cm³/mol. The van der Waals surface area contributed by atoms with Gasteiger partial charge in [-0.2, -0.15) is 0 Å². The number of aromatic hydroxyl groups is 2. The summed E-state index contributed by atoms with van der Waals surface area (Å²) in [6, 6.07) is 0.568. The molecule has 0 aromatic heterocycles. The van der Waals surface area contributed by atoms with Crippen LogP contribution in [0.5, 0.6) is 17.2 Å². The van der Waals surface area contributed by atoms with E-state index >= 15 is 0 Å². The number of anilines is 1. The normalized spacial score (nSPS) is 29.7. The maximum Gasteiger partial charge on any atom is 0.320 e. The van der Waals surface area contributed by atoms with Gasteiger partial charge in [0.15, 0.2) is 11.4 Å². The number of aliphatic hydroxyl groups is 1. The molecule has 3 fully saturated rings. The number of carbonyl (C=O) groups excluding carboxylic acids is 3. The molecule has 15 heteroatoms. The van der Waals surface area contributed by atoms with Crippen LogP contribution in [-0.2, 0) is 19.1 Å². The number of hydrogen-bond acceptors (Lipinski definition) is 14. The quantitative estimate of drug-likeness (QED) is 0.180. The number of rotatable bonds is 6. The molecule has 1 spiro atoms. The number of hydrogen-bond donors (Lipinski definition) is 4. The Labute approximate surface area is 401 Å². The van der Waals surface area contributed by atoms with Crippen LogP contribution in [0, 0.1) is 24.7 Å². The minimum atomic E-state index is -1.86. The summed E-state index contributed by atoms with van der Waals surface area (Å²) in [6.07, 6.45) is 16.3. The van der Waals surface area contributed by atoms with Gasteiger partial charge in [0.1, 0.15) is 28.6 Å². The molecule has 2 aromatic carbocycles. The average molecular weight is 939 g/mol. The number of phenols is 2. The Bertz CT molecular complexity index is 2460. The Morgan fingerprint density at radius 3 is 2.32 bits per heavy atom. The average Bonchev–Trinajstić information content (AvgIpc) is 3.82. The van der Waals surface area contributed by atoms with Crippen LogP contribution < -0.4 is 20.8 Å². The first-order valence-electron chi connectivity index (χ1n) is 25.3. The summed E-state index contributed by atoms with van der Waals surface area (Å²) < 4.78 is 18.7. The van der Waals surface area contributed by atoms with E-state index in [9.17, 15) is 29.7 Å². The standard InChI is InChI=1S/C53H74N6O9/c1-32(2)30-58-27-21-53(22-28-58)55-44-41-42-47(62)36(6)49-43(41)50(64)52(7,68-49)66-29-12-9-16-39(67-40(61)31-57-25-19-37(20-26-57)59-23-10-8-11-24-59)35(5)38(60)18-17-33(3)14-13-15-34(4)51(65)54-46(48(42)63)45(44)56-53/h12-15,29,32-33,35,37-39,60,62-63H,8-11,16-28,30-31H2,1-7H3,(H,54,65)/b14-13+,29-12+,34-15-/t33?,35-,38?,39?,52?/m1/s1. The maximum absolute atomic E-state index is 14.8. The SMILES string of the molecule is C/C1=C/C=C/C(C)CCC(O)[C@@H](C)C(OC(=O)CN2CCC(N3CCCCC3)CC2)CC/C=C/OC2(C)Oc3c(C)c(O)c4c(O)c(c5c(c4c3C2=O)=NC2(CCN(CC(C)C)CC2)N=5)NC1=O. The van der Waals surface area contributed by atoms with Crippen molar-refractivity contribution in [3.63, 3.8) is 0 Å². The molecular formula is C53H74N6O9. The Hall–Kier alpha value is -4.83. The number of aliphatic hydroxyl groups excluding tert-OH is 1. The first-order valence-corrected chi connectivity index (χ1v) is 25.3. The van der Waals surface area contributed by atoms with E-state index in [1.54, 1.807) is 26.0 Å². The number of likely N-dealkylation sites (tertiary alicyclic amines) is 3. The topological polar surface area (TPSA) is 186 Å². The Morgan fingerprint density at radius 1 is 0.912 bits per heavy atom. The minimum absolute atomic E-state index is 0.00482. The monoisotopic (exact) mass is 939 g/mol. The molecule has 1 amide bonds. The van der Waals surface area contributed by atoms with Crippen molar-refractivity contribution in [2.45, 2.75) is 149 Å². The number of ether oxygens (including phenoxy) is 3. The fourth-order valence-electron chi connectivity index (χ4n) is 11.1. The van der Waals surface area contributed by atoms with Crippen LogP contribution in [0.15, 0.2) is 46.1 Å². The number of carbonyl (C=O) groups is 3. The zero-order chi connectivity index (χ0) is 48.5. The molecular weight excluding hydrogens is 865 g/mol. The third-order valence-electron chi connectivity index (χ3n) is 15.3. The molecule has 370 valence electrons. The molecule has 5 atom stereocenters. The second-order valence-corrected chi connectivity index (χ2v) is 21.0. The molecule has 0 radical (unpaired) electrons. The van der Waals surface area contributed by atoms with Crippen LogP contribution in [0.1, 0.15) is 128 Å². The predicted octanol–water partition coefficient (Wildman–Crippen LogP) is 6.59. The molecule has 4 unspecified atom stereocenters. The van der Waals surface area contributed by atoms with Crippen LogP contribution in [0.4, 0.5) is 5.69 Å². The fraction of sp³-hybridized carbons (Fsp3) is 0.642. The van der Waals surface area contributed by atoms with E-state index in [1.807, 2.05) is 26.0 Å². The van der Waals surface area contributed by atoms with Crippen molar-refractivity contribution >= 4 is 34.1 Å². The Balaban J connectivity index is 1.09. The van der Waals surface area contributed by atoms with Crippen LogP contribution in [0.3, 0.4) is 0 Å². The van der Waals surface area contributed by atoms with Crippen LogP contribution in [0.2, 0.25) is 0 Å². The van der Waals surface area contributed by atoms with Crippen LogP contribution in [0.25, 0.3) is 10.8 Å². The lowest BCUT2D eigenvalue weighted by atomic mass is 9.89. The van der Waals surface area contributed by atoms with E-state index in [-0.39, 0.29) is 74.2 Å². The smallest absolute Gasteiger partial charge is 0.320 e. The van der Waals surface area contributed by atoms with E-state index in [0.29, 0.717) is 56.1 Å². The van der Waals surface area contributed by atoms with E-state index in [1.165, 1.54) is 32.4 Å². The zero-order valence-electron chi connectivity index (χ0n) is 41.3. The fourth-order valence-corrected chi connectivity index (χ4v) is 11.1. The number of nitrogens with zero attached hydrogens (tertiary/aromatic N) is 5. The third kappa shape index (κ3) is 10.4. The van der Waals surface area contributed by atoms with Crippen molar-refractivity contribution in [1.82, 2.24) is 14.7 Å². The van der Waals surface area contributed by atoms with Crippen molar-refractivity contribution < 1.29 is 43.9 Å². The van der Waals surface area contributed by atoms with E-state index in [4.69, 9.17) is 24.2 Å². The van der Waals surface area contributed by atoms with Crippen molar-refractivity contribution in [1.29, 1.82) is 0 Å². The summed E-state index contributed by atoms with van der Waals surface area (Å²) in [5, 5.41) is 39.1. The van der Waals surface area contributed by atoms with E-state index < -0.39 is 41.1 Å². The number of benzene rings is 2. The number of piperidine rings is 3. The number of phenolic OH excluding ortho intramolecular Hbond substituents is 2. The Kier molecular flexibility index (Phi) is 15.0. The molecule has 7 aliphatic rings. The van der Waals surface area contributed by atoms with Gasteiger partial charge in [-0.15, -0.1) is 0 Å². The lowest BCUT2D eigenvalue weighted by Crippen LogP contribution is -2.48. The zero-order valence-corrected chi connectivity index (χ0v) is 41.3. The summed E-state index contributed by atoms with van der Waals surface area (Å²) in [6.45, 7) is 19.7. The van der Waals surface area contributed by atoms with Crippen molar-refractivity contribution in [3.05, 3.63) is 58.0 Å². The molecule has 7 heterocycles. The van der Waals surface area contributed by atoms with Gasteiger partial charge in [-0.3, -0.25) is 29.3 Å². The minimum Gasteiger partial charge on any atom is -0.507 e. The van der Waals surface area contributed by atoms with Gasteiger partial charge in [-0.1, -0.05) is 52.3 Å². The highest BCUT2D eigenvalue weighted by atomic mass is 16.7. The molecule has 2 aromatic rings. The largest absolute Gasteiger partial charge is 0.507 e. The molecule has 15 nitrogen and oxygen atoms in total. The molecule has 0 saturated carbocycles. The number of fused-ring (bicyclic) bond motifs is 13. The number of Topliss-reactive ketones (excluding diaryl/α,β-unsaturated/α-hetero) is 1. The van der Waals surface area contributed by atoms with E-state index in [0.717, 1.165) is 58.7 Å². The van der Waals surface area contributed by atoms with Gasteiger partial charge < -0.3 is 44.6 Å². The molecule has 5 bridgehead atoms. The highest BCUT2D eigenvalue weighted by Gasteiger charge is 2.50. The Morgan fingerprint density at radius 2 is 1.62 bits per heavy atom. The highest BCUT2D eigenvalue weighted by molar-refractivity contribution is 6.19. The summed E-state index contributed by atoms with van der Waals surface area (Å²) in [5.74, 6) is -3.68. The van der Waals surface area contributed by atoms with E-state index in [2.05, 4.69) is 33.9 Å². The lowest BCUT2D eigenvalue weighted by Gasteiger charge is -2.40. The molecule has 68 heavy (non-hydrogen) atoms.